The maximum Gasteiger partial charge on any atom is 0.311 e. The molecule has 3 aromatic carbocycles. The van der Waals surface area contributed by atoms with Gasteiger partial charge in [-0.05, 0) is 23.8 Å². The van der Waals surface area contributed by atoms with Crippen LogP contribution < -0.4 is 10.1 Å². The first-order valence-electron chi connectivity index (χ1n) is 10.9. The average molecular weight is 489 g/mol. The second-order valence-corrected chi connectivity index (χ2v) is 8.67. The lowest BCUT2D eigenvalue weighted by Gasteiger charge is -2.07. The van der Waals surface area contributed by atoms with Crippen molar-refractivity contribution in [3.63, 3.8) is 0 Å². The Bertz CT molecular complexity index is 1310. The normalized spacial score (nSPS) is 10.7. The zero-order valence-electron chi connectivity index (χ0n) is 19.1. The number of rotatable bonds is 10. The zero-order chi connectivity index (χ0) is 24.6. The van der Waals surface area contributed by atoms with Crippen LogP contribution in [-0.2, 0) is 17.1 Å². The molecule has 0 saturated heterocycles. The Hall–Kier alpha value is -4.11. The molecular weight excluding hydrogens is 464 g/mol. The average Bonchev–Trinajstić information content (AvgIpc) is 3.33. The number of benzene rings is 3. The number of thioether (sulfide) groups is 1. The molecule has 0 aliphatic heterocycles. The minimum absolute atomic E-state index is 0.0843. The van der Waals surface area contributed by atoms with Crippen molar-refractivity contribution in [2.24, 2.45) is 0 Å². The molecule has 0 spiro atoms. The van der Waals surface area contributed by atoms with Crippen LogP contribution in [0.25, 0.3) is 16.9 Å². The van der Waals surface area contributed by atoms with Crippen LogP contribution in [0.15, 0.2) is 85.1 Å². The standard InChI is InChI=1S/C26H24N4O4S/c1-34-24-13-12-19(14-23(24)30(32)33)17-35-18-25(31)27-15-21-16-29(22-10-6-3-7-11-22)28-26(21)20-8-4-2-5-9-20/h2-14,16H,15,17-18H2,1H3,(H,27,31). The van der Waals surface area contributed by atoms with Crippen molar-refractivity contribution in [3.05, 3.63) is 106 Å². The smallest absolute Gasteiger partial charge is 0.311 e. The molecule has 8 nitrogen and oxygen atoms in total. The first-order chi connectivity index (χ1) is 17.0. The lowest BCUT2D eigenvalue weighted by molar-refractivity contribution is -0.385. The van der Waals surface area contributed by atoms with Crippen molar-refractivity contribution in [2.75, 3.05) is 12.9 Å². The monoisotopic (exact) mass is 488 g/mol. The van der Waals surface area contributed by atoms with Gasteiger partial charge in [-0.2, -0.15) is 5.10 Å². The molecule has 0 saturated carbocycles. The summed E-state index contributed by atoms with van der Waals surface area (Å²) in [5.41, 5.74) is 4.30. The number of nitrogens with one attached hydrogen (secondary N) is 1. The van der Waals surface area contributed by atoms with E-state index < -0.39 is 4.92 Å². The Kier molecular flexibility index (Phi) is 7.79. The first-order valence-corrected chi connectivity index (χ1v) is 12.1. The molecule has 0 radical (unpaired) electrons. The molecule has 178 valence electrons. The summed E-state index contributed by atoms with van der Waals surface area (Å²) in [4.78, 5) is 23.3. The number of amides is 1. The molecule has 4 aromatic rings. The number of nitro benzene ring substituents is 1. The van der Waals surface area contributed by atoms with Crippen LogP contribution in [0.2, 0.25) is 0 Å². The maximum absolute atomic E-state index is 12.5. The van der Waals surface area contributed by atoms with E-state index in [1.54, 1.807) is 12.1 Å². The highest BCUT2D eigenvalue weighted by Gasteiger charge is 2.16. The third kappa shape index (κ3) is 6.07. The summed E-state index contributed by atoms with van der Waals surface area (Å²) >= 11 is 1.39. The Balaban J connectivity index is 1.39. The number of carbonyl (C=O) groups is 1. The molecule has 1 amide bonds. The summed E-state index contributed by atoms with van der Waals surface area (Å²) in [5, 5.41) is 18.9. The molecule has 0 unspecified atom stereocenters. The van der Waals surface area contributed by atoms with Crippen molar-refractivity contribution in [2.45, 2.75) is 12.3 Å². The fourth-order valence-corrected chi connectivity index (χ4v) is 4.37. The lowest BCUT2D eigenvalue weighted by atomic mass is 10.1. The van der Waals surface area contributed by atoms with Crippen molar-refractivity contribution in [1.29, 1.82) is 0 Å². The number of nitro groups is 1. The van der Waals surface area contributed by atoms with Gasteiger partial charge in [-0.1, -0.05) is 54.6 Å². The number of hydrogen-bond donors (Lipinski definition) is 1. The SMILES string of the molecule is COc1ccc(CSCC(=O)NCc2cn(-c3ccccc3)nc2-c2ccccc2)cc1[N+](=O)[O-]. The number of nitrogens with zero attached hydrogens (tertiary/aromatic N) is 3. The summed E-state index contributed by atoms with van der Waals surface area (Å²) in [6.45, 7) is 0.338. The Morgan fingerprint density at radius 1 is 1.09 bits per heavy atom. The van der Waals surface area contributed by atoms with E-state index in [0.29, 0.717) is 12.3 Å². The minimum atomic E-state index is -0.473. The van der Waals surface area contributed by atoms with Crippen LogP contribution in [0.5, 0.6) is 5.75 Å². The predicted molar refractivity (Wildman–Crippen MR) is 137 cm³/mol. The van der Waals surface area contributed by atoms with Gasteiger partial charge in [0.25, 0.3) is 0 Å². The van der Waals surface area contributed by atoms with Gasteiger partial charge < -0.3 is 10.1 Å². The highest BCUT2D eigenvalue weighted by Crippen LogP contribution is 2.29. The molecule has 0 aliphatic rings. The molecule has 0 atom stereocenters. The summed E-state index contributed by atoms with van der Waals surface area (Å²) < 4.78 is 6.85. The van der Waals surface area contributed by atoms with E-state index >= 15 is 0 Å². The quantitative estimate of drug-likeness (QED) is 0.249. The van der Waals surface area contributed by atoms with E-state index in [0.717, 1.165) is 28.1 Å². The molecule has 0 aliphatic carbocycles. The van der Waals surface area contributed by atoms with Gasteiger partial charge >= 0.3 is 5.69 Å². The van der Waals surface area contributed by atoms with Gasteiger partial charge in [0.2, 0.25) is 5.91 Å². The van der Waals surface area contributed by atoms with E-state index in [1.165, 1.54) is 24.9 Å². The van der Waals surface area contributed by atoms with E-state index in [2.05, 4.69) is 5.32 Å². The Morgan fingerprint density at radius 3 is 2.49 bits per heavy atom. The zero-order valence-corrected chi connectivity index (χ0v) is 19.9. The first kappa shape index (κ1) is 24.0. The van der Waals surface area contributed by atoms with Crippen LogP contribution in [0.1, 0.15) is 11.1 Å². The number of ether oxygens (including phenoxy) is 1. The number of para-hydroxylation sites is 1. The molecule has 0 fully saturated rings. The summed E-state index contributed by atoms with van der Waals surface area (Å²) in [6, 6.07) is 24.5. The molecular formula is C26H24N4O4S. The van der Waals surface area contributed by atoms with Gasteiger partial charge in [-0.3, -0.25) is 14.9 Å². The van der Waals surface area contributed by atoms with Crippen molar-refractivity contribution < 1.29 is 14.5 Å². The Morgan fingerprint density at radius 2 is 1.80 bits per heavy atom. The van der Waals surface area contributed by atoms with Gasteiger partial charge in [-0.15, -0.1) is 11.8 Å². The highest BCUT2D eigenvalue weighted by atomic mass is 32.2. The van der Waals surface area contributed by atoms with Crippen molar-refractivity contribution in [3.8, 4) is 22.7 Å². The maximum atomic E-state index is 12.5. The number of hydrogen-bond acceptors (Lipinski definition) is 6. The van der Waals surface area contributed by atoms with E-state index in [1.807, 2.05) is 71.5 Å². The topological polar surface area (TPSA) is 99.3 Å². The van der Waals surface area contributed by atoms with Crippen LogP contribution in [0, 0.1) is 10.1 Å². The minimum Gasteiger partial charge on any atom is -0.490 e. The number of methoxy groups -OCH3 is 1. The molecule has 0 bridgehead atoms. The third-order valence-corrected chi connectivity index (χ3v) is 6.28. The third-order valence-electron chi connectivity index (χ3n) is 5.28. The van der Waals surface area contributed by atoms with Crippen molar-refractivity contribution >= 4 is 23.4 Å². The summed E-state index contributed by atoms with van der Waals surface area (Å²) in [6.07, 6.45) is 1.93. The van der Waals surface area contributed by atoms with Crippen molar-refractivity contribution in [1.82, 2.24) is 15.1 Å². The number of carbonyl (C=O) groups excluding carboxylic acids is 1. The summed E-state index contributed by atoms with van der Waals surface area (Å²) in [5.74, 6) is 0.795. The molecule has 4 rings (SSSR count). The largest absolute Gasteiger partial charge is 0.490 e. The van der Waals surface area contributed by atoms with Gasteiger partial charge in [-0.25, -0.2) is 4.68 Å². The van der Waals surface area contributed by atoms with E-state index in [4.69, 9.17) is 9.84 Å². The fraction of sp³-hybridized carbons (Fsp3) is 0.154. The second-order valence-electron chi connectivity index (χ2n) is 7.68. The van der Waals surface area contributed by atoms with Crippen LogP contribution in [-0.4, -0.2) is 33.5 Å². The van der Waals surface area contributed by atoms with Crippen LogP contribution in [0.4, 0.5) is 5.69 Å². The second kappa shape index (κ2) is 11.3. The molecule has 1 aromatic heterocycles. The Labute approximate surface area is 207 Å². The molecule has 1 heterocycles. The van der Waals surface area contributed by atoms with Gasteiger partial charge in [0.05, 0.1) is 29.2 Å². The van der Waals surface area contributed by atoms with E-state index in [-0.39, 0.29) is 23.1 Å². The van der Waals surface area contributed by atoms with Crippen LogP contribution >= 0.6 is 11.8 Å². The highest BCUT2D eigenvalue weighted by molar-refractivity contribution is 7.99. The van der Waals surface area contributed by atoms with Gasteiger partial charge in [0.15, 0.2) is 5.75 Å². The van der Waals surface area contributed by atoms with Gasteiger partial charge in [0, 0.05) is 35.7 Å². The van der Waals surface area contributed by atoms with Gasteiger partial charge in [0.1, 0.15) is 0 Å². The number of aromatic nitrogens is 2. The molecule has 35 heavy (non-hydrogen) atoms. The molecule has 1 N–H and O–H groups in total. The van der Waals surface area contributed by atoms with Crippen LogP contribution in [0.3, 0.4) is 0 Å². The fourth-order valence-electron chi connectivity index (χ4n) is 3.57. The van der Waals surface area contributed by atoms with E-state index in [9.17, 15) is 14.9 Å². The lowest BCUT2D eigenvalue weighted by Crippen LogP contribution is -2.24. The summed E-state index contributed by atoms with van der Waals surface area (Å²) in [7, 11) is 1.40. The predicted octanol–water partition coefficient (Wildman–Crippen LogP) is 5.01. The molecule has 9 heteroatoms.